The molecule has 7 N–H and O–H groups in total. The Morgan fingerprint density at radius 2 is 1.77 bits per heavy atom. The molecule has 2 aromatic heterocycles. The standard InChI is InChI=1S/C24H24N4O4.C14H17N3O3/c1-14-11-15(24(30)28-6-9-31-10-7-28)12-17-21(14)26-13-18(23(25)29)22(17)27-19-3-2-4-20-16(19)5-8-32-20;1-20-5-4-14(13(16)19)3-2-11-9(7-14)6-10(8-17-11)12(15)18/h2-4,11-13H,5-10H2,1H3,(H2,25,29)(H,26,27);2-3,6,8H,4-5,7H2,1H3,(H2,15,18)(H2,16,19). The molecule has 1 unspecified atom stereocenters. The minimum absolute atomic E-state index is 0.0669. The highest BCUT2D eigenvalue weighted by Gasteiger charge is 2.37. The van der Waals surface area contributed by atoms with Gasteiger partial charge in [-0.1, -0.05) is 12.1 Å². The van der Waals surface area contributed by atoms with E-state index >= 15 is 0 Å². The van der Waals surface area contributed by atoms with Crippen molar-refractivity contribution in [3.63, 3.8) is 0 Å². The van der Waals surface area contributed by atoms with Crippen molar-refractivity contribution in [3.05, 3.63) is 93.9 Å². The number of hydrogen-bond donors (Lipinski definition) is 4. The van der Waals surface area contributed by atoms with Gasteiger partial charge in [-0.25, -0.2) is 0 Å². The quantitative estimate of drug-likeness (QED) is 0.199. The van der Waals surface area contributed by atoms with Crippen LogP contribution in [0.5, 0.6) is 5.75 Å². The van der Waals surface area contributed by atoms with Crippen LogP contribution in [-0.4, -0.2) is 85.1 Å². The molecule has 270 valence electrons. The topological polar surface area (TPSA) is 215 Å². The number of rotatable bonds is 9. The van der Waals surface area contributed by atoms with Crippen LogP contribution >= 0.6 is 0 Å². The molecule has 14 heteroatoms. The van der Waals surface area contributed by atoms with Gasteiger partial charge in [0.2, 0.25) is 11.8 Å². The van der Waals surface area contributed by atoms with E-state index in [4.69, 9.17) is 31.4 Å². The molecule has 0 bridgehead atoms. The summed E-state index contributed by atoms with van der Waals surface area (Å²) >= 11 is 0. The number of aromatic nitrogens is 2. The number of fused-ring (bicyclic) bond motifs is 3. The Morgan fingerprint density at radius 1 is 0.981 bits per heavy atom. The average molecular weight is 708 g/mol. The van der Waals surface area contributed by atoms with Gasteiger partial charge in [-0.2, -0.15) is 0 Å². The SMILES string of the molecule is COCCC1(C(N)=O)C=Cc2ncc(C(N)=O)cc2C1.Cc1cc(C(=O)N2CCOCC2)cc2c(Nc3cccc4c3CCO4)c(C(N)=O)cnc12. The van der Waals surface area contributed by atoms with Crippen molar-refractivity contribution in [3.8, 4) is 5.75 Å². The maximum atomic E-state index is 13.2. The number of anilines is 2. The first kappa shape index (κ1) is 35.9. The molecular formula is C38H41N7O7. The van der Waals surface area contributed by atoms with E-state index in [0.29, 0.717) is 80.1 Å². The first-order valence-electron chi connectivity index (χ1n) is 16.9. The molecule has 2 aliphatic heterocycles. The molecule has 1 atom stereocenters. The van der Waals surface area contributed by atoms with Gasteiger partial charge in [0.1, 0.15) is 5.75 Å². The summed E-state index contributed by atoms with van der Waals surface area (Å²) in [5.41, 5.74) is 22.3. The minimum atomic E-state index is -0.805. The summed E-state index contributed by atoms with van der Waals surface area (Å²) in [5, 5.41) is 4.08. The monoisotopic (exact) mass is 707 g/mol. The Bertz CT molecular complexity index is 2090. The maximum Gasteiger partial charge on any atom is 0.254 e. The molecule has 4 aromatic rings. The smallest absolute Gasteiger partial charge is 0.254 e. The molecule has 1 aliphatic carbocycles. The second-order valence-corrected chi connectivity index (χ2v) is 12.9. The van der Waals surface area contributed by atoms with Crippen LogP contribution in [0.1, 0.15) is 59.9 Å². The molecular weight excluding hydrogens is 666 g/mol. The number of benzene rings is 2. The average Bonchev–Trinajstić information content (AvgIpc) is 3.64. The number of carbonyl (C=O) groups excluding carboxylic acids is 4. The Labute approximate surface area is 300 Å². The van der Waals surface area contributed by atoms with E-state index in [1.165, 1.54) is 12.4 Å². The van der Waals surface area contributed by atoms with Crippen LogP contribution in [0.4, 0.5) is 11.4 Å². The number of aryl methyl sites for hydroxylation is 1. The molecule has 2 aromatic carbocycles. The predicted octanol–water partition coefficient (Wildman–Crippen LogP) is 3.05. The third-order valence-electron chi connectivity index (χ3n) is 9.57. The Kier molecular flexibility index (Phi) is 10.5. The maximum absolute atomic E-state index is 13.2. The van der Waals surface area contributed by atoms with E-state index in [1.807, 2.05) is 31.2 Å². The summed E-state index contributed by atoms with van der Waals surface area (Å²) in [6.45, 7) is 5.11. The van der Waals surface area contributed by atoms with Crippen molar-refractivity contribution in [2.75, 3.05) is 51.9 Å². The Balaban J connectivity index is 0.000000200. The number of nitrogens with zero attached hydrogens (tertiary/aromatic N) is 3. The molecule has 1 saturated heterocycles. The fourth-order valence-electron chi connectivity index (χ4n) is 6.68. The van der Waals surface area contributed by atoms with E-state index in [9.17, 15) is 19.2 Å². The van der Waals surface area contributed by atoms with Crippen molar-refractivity contribution < 1.29 is 33.4 Å². The molecule has 4 amide bonds. The van der Waals surface area contributed by atoms with E-state index in [2.05, 4.69) is 15.3 Å². The summed E-state index contributed by atoms with van der Waals surface area (Å²) in [5.74, 6) is -0.790. The lowest BCUT2D eigenvalue weighted by Crippen LogP contribution is -2.40. The van der Waals surface area contributed by atoms with E-state index in [0.717, 1.165) is 40.2 Å². The van der Waals surface area contributed by atoms with Gasteiger partial charge in [-0.15, -0.1) is 0 Å². The highest BCUT2D eigenvalue weighted by molar-refractivity contribution is 6.10. The molecule has 0 radical (unpaired) electrons. The highest BCUT2D eigenvalue weighted by Crippen LogP contribution is 2.38. The summed E-state index contributed by atoms with van der Waals surface area (Å²) in [6.07, 6.45) is 8.09. The number of nitrogens with one attached hydrogen (secondary N) is 1. The second kappa shape index (κ2) is 15.2. The Hall–Kier alpha value is -5.86. The third-order valence-corrected chi connectivity index (χ3v) is 9.57. The van der Waals surface area contributed by atoms with Crippen LogP contribution in [-0.2, 0) is 27.1 Å². The van der Waals surface area contributed by atoms with Gasteiger partial charge >= 0.3 is 0 Å². The molecule has 0 spiro atoms. The fourth-order valence-corrected chi connectivity index (χ4v) is 6.68. The van der Waals surface area contributed by atoms with Gasteiger partial charge in [0, 0.05) is 67.8 Å². The third kappa shape index (κ3) is 7.29. The lowest BCUT2D eigenvalue weighted by atomic mass is 9.74. The van der Waals surface area contributed by atoms with E-state index in [1.54, 1.807) is 36.3 Å². The first-order chi connectivity index (χ1) is 25.0. The summed E-state index contributed by atoms with van der Waals surface area (Å²) < 4.78 is 16.1. The lowest BCUT2D eigenvalue weighted by Gasteiger charge is -2.30. The molecule has 4 heterocycles. The van der Waals surface area contributed by atoms with Gasteiger partial charge < -0.3 is 41.6 Å². The zero-order valence-electron chi connectivity index (χ0n) is 29.1. The number of carbonyl (C=O) groups is 4. The van der Waals surface area contributed by atoms with Crippen molar-refractivity contribution >= 4 is 52.0 Å². The van der Waals surface area contributed by atoms with E-state index < -0.39 is 23.1 Å². The van der Waals surface area contributed by atoms with Gasteiger partial charge in [0.25, 0.3) is 11.8 Å². The number of amides is 4. The summed E-state index contributed by atoms with van der Waals surface area (Å²) in [7, 11) is 1.57. The van der Waals surface area contributed by atoms with Gasteiger partial charge in [-0.3, -0.25) is 29.1 Å². The number of methoxy groups -OCH3 is 1. The van der Waals surface area contributed by atoms with Crippen LogP contribution in [0, 0.1) is 12.3 Å². The predicted molar refractivity (Wildman–Crippen MR) is 194 cm³/mol. The molecule has 1 fully saturated rings. The zero-order chi connectivity index (χ0) is 37.0. The molecule has 0 saturated carbocycles. The fraction of sp³-hybridized carbons (Fsp3) is 0.316. The van der Waals surface area contributed by atoms with Crippen molar-refractivity contribution in [2.45, 2.75) is 26.2 Å². The van der Waals surface area contributed by atoms with Gasteiger partial charge in [-0.05, 0) is 67.3 Å². The lowest BCUT2D eigenvalue weighted by molar-refractivity contribution is -0.126. The van der Waals surface area contributed by atoms with Gasteiger partial charge in [0.05, 0.1) is 53.3 Å². The normalized spacial score (nSPS) is 17.3. The summed E-state index contributed by atoms with van der Waals surface area (Å²) in [4.78, 5) is 58.9. The first-order valence-corrected chi connectivity index (χ1v) is 16.9. The van der Waals surface area contributed by atoms with Crippen LogP contribution < -0.4 is 27.3 Å². The highest BCUT2D eigenvalue weighted by atomic mass is 16.5. The number of ether oxygens (including phenoxy) is 3. The van der Waals surface area contributed by atoms with E-state index in [-0.39, 0.29) is 11.5 Å². The number of hydrogen-bond acceptors (Lipinski definition) is 10. The number of nitrogens with two attached hydrogens (primary N) is 3. The van der Waals surface area contributed by atoms with Crippen molar-refractivity contribution in [1.82, 2.24) is 14.9 Å². The van der Waals surface area contributed by atoms with Gasteiger partial charge in [0.15, 0.2) is 0 Å². The molecule has 7 rings (SSSR count). The van der Waals surface area contributed by atoms with Crippen LogP contribution in [0.2, 0.25) is 0 Å². The summed E-state index contributed by atoms with van der Waals surface area (Å²) in [6, 6.07) is 11.1. The van der Waals surface area contributed by atoms with Crippen molar-refractivity contribution in [1.29, 1.82) is 0 Å². The van der Waals surface area contributed by atoms with Crippen LogP contribution in [0.25, 0.3) is 17.0 Å². The minimum Gasteiger partial charge on any atom is -0.493 e. The molecule has 3 aliphatic rings. The van der Waals surface area contributed by atoms with Crippen molar-refractivity contribution in [2.24, 2.45) is 22.6 Å². The van der Waals surface area contributed by atoms with Crippen LogP contribution in [0.15, 0.2) is 54.9 Å². The largest absolute Gasteiger partial charge is 0.493 e. The Morgan fingerprint density at radius 3 is 2.48 bits per heavy atom. The second-order valence-electron chi connectivity index (χ2n) is 12.9. The zero-order valence-corrected chi connectivity index (χ0v) is 29.1. The number of morpholine rings is 1. The number of primary amides is 3. The molecule has 14 nitrogen and oxygen atoms in total. The van der Waals surface area contributed by atoms with Crippen LogP contribution in [0.3, 0.4) is 0 Å². The molecule has 52 heavy (non-hydrogen) atoms. The number of pyridine rings is 2.